The molecule has 5 heteroatoms. The Morgan fingerprint density at radius 1 is 1.07 bits per heavy atom. The van der Waals surface area contributed by atoms with Gasteiger partial charge in [0.05, 0.1) is 6.61 Å². The second kappa shape index (κ2) is 9.96. The van der Waals surface area contributed by atoms with E-state index in [1.54, 1.807) is 13.2 Å². The van der Waals surface area contributed by atoms with Gasteiger partial charge >= 0.3 is 0 Å². The summed E-state index contributed by atoms with van der Waals surface area (Å²) in [4.78, 5) is 12.5. The number of benzene rings is 1. The lowest BCUT2D eigenvalue weighted by atomic mass is 10.1. The van der Waals surface area contributed by atoms with E-state index in [1.165, 1.54) is 0 Å². The van der Waals surface area contributed by atoms with Crippen LogP contribution < -0.4 is 11.1 Å². The van der Waals surface area contributed by atoms with Gasteiger partial charge in [-0.25, -0.2) is 0 Å². The van der Waals surface area contributed by atoms with Crippen LogP contribution in [0, 0.1) is 11.5 Å². The van der Waals surface area contributed by atoms with Crippen molar-refractivity contribution in [1.82, 2.24) is 5.32 Å². The predicted molar refractivity (Wildman–Crippen MR) is 118 cm³/mol. The monoisotopic (exact) mass is 388 g/mol. The van der Waals surface area contributed by atoms with Crippen molar-refractivity contribution in [3.63, 3.8) is 0 Å². The van der Waals surface area contributed by atoms with E-state index < -0.39 is 8.07 Å². The van der Waals surface area contributed by atoms with Gasteiger partial charge in [-0.2, -0.15) is 0 Å². The zero-order valence-corrected chi connectivity index (χ0v) is 19.1. The third-order valence-electron chi connectivity index (χ3n) is 5.30. The predicted octanol–water partition coefficient (Wildman–Crippen LogP) is 4.60. The fraction of sp³-hybridized carbons (Fsp3) is 0.591. The van der Waals surface area contributed by atoms with Crippen LogP contribution in [0.5, 0.6) is 0 Å². The van der Waals surface area contributed by atoms with E-state index >= 15 is 0 Å². The van der Waals surface area contributed by atoms with E-state index in [0.717, 1.165) is 5.56 Å². The number of carbonyl (C=O) groups is 1. The Morgan fingerprint density at radius 2 is 1.63 bits per heavy atom. The Kier molecular flexibility index (Phi) is 8.58. The summed E-state index contributed by atoms with van der Waals surface area (Å²) in [6, 6.07) is 5.31. The quantitative estimate of drug-likeness (QED) is 0.407. The minimum absolute atomic E-state index is 0.0682. The maximum atomic E-state index is 12.5. The fourth-order valence-electron chi connectivity index (χ4n) is 4.07. The highest BCUT2D eigenvalue weighted by atomic mass is 28.3. The number of methoxy groups -OCH3 is 1. The molecule has 0 aliphatic rings. The first kappa shape index (κ1) is 23.3. The van der Waals surface area contributed by atoms with Gasteiger partial charge in [-0.1, -0.05) is 47.5 Å². The van der Waals surface area contributed by atoms with Crippen LogP contribution in [-0.2, 0) is 4.74 Å². The summed E-state index contributed by atoms with van der Waals surface area (Å²) in [5, 5.41) is 2.92. The fourth-order valence-corrected chi connectivity index (χ4v) is 9.29. The lowest BCUT2D eigenvalue weighted by Gasteiger charge is -2.38. The van der Waals surface area contributed by atoms with Crippen LogP contribution in [0.1, 0.15) is 64.4 Å². The highest BCUT2D eigenvalue weighted by Gasteiger charge is 2.41. The average molecular weight is 389 g/mol. The molecule has 3 N–H and O–H groups in total. The minimum Gasteiger partial charge on any atom is -0.399 e. The zero-order valence-electron chi connectivity index (χ0n) is 18.1. The molecule has 0 aliphatic heterocycles. The Bertz CT molecular complexity index is 680. The van der Waals surface area contributed by atoms with Crippen molar-refractivity contribution in [3.8, 4) is 11.5 Å². The maximum Gasteiger partial charge on any atom is 0.251 e. The molecule has 0 radical (unpaired) electrons. The van der Waals surface area contributed by atoms with E-state index in [2.05, 4.69) is 58.3 Å². The molecule has 1 rings (SSSR count). The van der Waals surface area contributed by atoms with E-state index in [9.17, 15) is 4.79 Å². The van der Waals surface area contributed by atoms with Crippen molar-refractivity contribution >= 4 is 19.7 Å². The van der Waals surface area contributed by atoms with Crippen molar-refractivity contribution in [1.29, 1.82) is 0 Å². The molecule has 150 valence electrons. The maximum absolute atomic E-state index is 12.5. The molecule has 0 bridgehead atoms. The number of amides is 1. The van der Waals surface area contributed by atoms with Crippen molar-refractivity contribution in [2.75, 3.05) is 19.5 Å². The first-order chi connectivity index (χ1) is 12.5. The third kappa shape index (κ3) is 5.85. The van der Waals surface area contributed by atoms with Gasteiger partial charge < -0.3 is 15.8 Å². The number of hydrogen-bond acceptors (Lipinski definition) is 3. The summed E-state index contributed by atoms with van der Waals surface area (Å²) in [5.41, 5.74) is 13.3. The lowest BCUT2D eigenvalue weighted by Crippen LogP contribution is -2.43. The Morgan fingerprint density at radius 3 is 2.11 bits per heavy atom. The number of ether oxygens (including phenoxy) is 1. The van der Waals surface area contributed by atoms with Gasteiger partial charge in [0, 0.05) is 30.0 Å². The number of rotatable bonds is 7. The van der Waals surface area contributed by atoms with Gasteiger partial charge in [-0.05, 0) is 41.7 Å². The Labute approximate surface area is 166 Å². The molecular weight excluding hydrogens is 352 g/mol. The first-order valence-electron chi connectivity index (χ1n) is 9.78. The van der Waals surface area contributed by atoms with Crippen molar-refractivity contribution in [2.45, 2.75) is 71.1 Å². The van der Waals surface area contributed by atoms with E-state index in [0.29, 0.717) is 34.5 Å². The molecule has 1 atom stereocenters. The third-order valence-corrected chi connectivity index (χ3v) is 11.6. The molecule has 0 fully saturated rings. The highest BCUT2D eigenvalue weighted by Crippen LogP contribution is 2.40. The van der Waals surface area contributed by atoms with Gasteiger partial charge in [0.1, 0.15) is 8.07 Å². The average Bonchev–Trinajstić information content (AvgIpc) is 2.54. The molecule has 1 aromatic carbocycles. The Hall–Kier alpha value is -1.77. The number of carbonyl (C=O) groups excluding carboxylic acids is 1. The molecule has 0 aromatic heterocycles. The standard InChI is InChI=1S/C22H36N2O2Si/c1-15(2)27(16(3)4,17(5)6)10-9-19-11-20(13-21(23)12-19)22(25)24-18(7)14-26-8/h11-13,15-18H,14,23H2,1-8H3,(H,24,25)/t18-/m0/s1. The topological polar surface area (TPSA) is 64.3 Å². The molecule has 0 unspecified atom stereocenters. The van der Waals surface area contributed by atoms with Crippen LogP contribution in [0.4, 0.5) is 5.69 Å². The molecule has 1 amide bonds. The SMILES string of the molecule is COC[C@H](C)NC(=O)c1cc(N)cc(C#C[Si](C(C)C)(C(C)C)C(C)C)c1. The van der Waals surface area contributed by atoms with Gasteiger partial charge in [-0.15, -0.1) is 5.54 Å². The summed E-state index contributed by atoms with van der Waals surface area (Å²) in [6.45, 7) is 16.1. The molecule has 27 heavy (non-hydrogen) atoms. The van der Waals surface area contributed by atoms with Crippen molar-refractivity contribution in [3.05, 3.63) is 29.3 Å². The van der Waals surface area contributed by atoms with Gasteiger partial charge in [-0.3, -0.25) is 4.79 Å². The zero-order chi connectivity index (χ0) is 20.8. The van der Waals surface area contributed by atoms with Crippen LogP contribution in [-0.4, -0.2) is 33.7 Å². The number of anilines is 1. The van der Waals surface area contributed by atoms with E-state index in [1.807, 2.05) is 19.1 Å². The lowest BCUT2D eigenvalue weighted by molar-refractivity contribution is 0.0905. The minimum atomic E-state index is -1.83. The smallest absolute Gasteiger partial charge is 0.251 e. The van der Waals surface area contributed by atoms with Crippen LogP contribution in [0.15, 0.2) is 18.2 Å². The molecule has 0 saturated heterocycles. The second-order valence-corrected chi connectivity index (χ2v) is 13.9. The molecular formula is C22H36N2O2Si. The van der Waals surface area contributed by atoms with E-state index in [-0.39, 0.29) is 11.9 Å². The van der Waals surface area contributed by atoms with E-state index in [4.69, 9.17) is 10.5 Å². The van der Waals surface area contributed by atoms with Crippen LogP contribution in [0.2, 0.25) is 16.6 Å². The summed E-state index contributed by atoms with van der Waals surface area (Å²) in [7, 11) is -0.212. The van der Waals surface area contributed by atoms with Gasteiger partial charge in [0.15, 0.2) is 0 Å². The number of nitrogens with two attached hydrogens (primary N) is 1. The molecule has 1 aromatic rings. The number of hydrogen-bond donors (Lipinski definition) is 2. The second-order valence-electron chi connectivity index (χ2n) is 8.32. The first-order valence-corrected chi connectivity index (χ1v) is 12.0. The largest absolute Gasteiger partial charge is 0.399 e. The Balaban J connectivity index is 3.25. The van der Waals surface area contributed by atoms with Crippen LogP contribution in [0.3, 0.4) is 0 Å². The van der Waals surface area contributed by atoms with Gasteiger partial charge in [0.2, 0.25) is 0 Å². The summed E-state index contributed by atoms with van der Waals surface area (Å²) in [6.07, 6.45) is 0. The van der Waals surface area contributed by atoms with Crippen molar-refractivity contribution in [2.24, 2.45) is 0 Å². The van der Waals surface area contributed by atoms with Gasteiger partial charge in [0.25, 0.3) is 5.91 Å². The molecule has 0 saturated carbocycles. The van der Waals surface area contributed by atoms with Crippen molar-refractivity contribution < 1.29 is 9.53 Å². The highest BCUT2D eigenvalue weighted by molar-refractivity contribution is 6.90. The molecule has 0 spiro atoms. The van der Waals surface area contributed by atoms with Crippen LogP contribution >= 0.6 is 0 Å². The summed E-state index contributed by atoms with van der Waals surface area (Å²) >= 11 is 0. The normalized spacial score (nSPS) is 12.9. The summed E-state index contributed by atoms with van der Waals surface area (Å²) in [5.74, 6) is 3.21. The van der Waals surface area contributed by atoms with Crippen LogP contribution in [0.25, 0.3) is 0 Å². The number of nitrogen functional groups attached to an aromatic ring is 1. The molecule has 0 aliphatic carbocycles. The number of nitrogens with one attached hydrogen (secondary N) is 1. The molecule has 4 nitrogen and oxygen atoms in total. The molecule has 0 heterocycles. The summed E-state index contributed by atoms with van der Waals surface area (Å²) < 4.78 is 5.07.